The van der Waals surface area contributed by atoms with Gasteiger partial charge in [0.05, 0.1) is 15.3 Å². The molecule has 2 heterocycles. The van der Waals surface area contributed by atoms with Gasteiger partial charge in [0.15, 0.2) is 0 Å². The molecule has 0 saturated heterocycles. The average molecular weight is 436 g/mol. The number of hydrogen-bond acceptors (Lipinski definition) is 6. The number of nitrogens with zero attached hydrogens (tertiary/aromatic N) is 2. The maximum atomic E-state index is 12.3. The van der Waals surface area contributed by atoms with Crippen LogP contribution < -0.4 is 10.1 Å². The van der Waals surface area contributed by atoms with Gasteiger partial charge in [-0.15, -0.1) is 16.4 Å². The Kier molecular flexibility index (Phi) is 6.40. The number of ether oxygens (including phenoxy) is 1. The van der Waals surface area contributed by atoms with E-state index in [2.05, 4.69) is 38.4 Å². The van der Waals surface area contributed by atoms with Gasteiger partial charge < -0.3 is 9.15 Å². The second-order valence-corrected chi connectivity index (χ2v) is 8.01. The first-order chi connectivity index (χ1) is 12.7. The number of rotatable bonds is 8. The lowest BCUT2D eigenvalue weighted by atomic mass is 10.2. The van der Waals surface area contributed by atoms with E-state index in [-0.39, 0.29) is 11.9 Å². The van der Waals surface area contributed by atoms with E-state index in [1.54, 1.807) is 24.3 Å². The molecular weight excluding hydrogens is 418 g/mol. The first-order valence-electron chi connectivity index (χ1n) is 8.29. The molecule has 0 bridgehead atoms. The Morgan fingerprint density at radius 2 is 2.00 bits per heavy atom. The summed E-state index contributed by atoms with van der Waals surface area (Å²) >= 11 is 4.86. The van der Waals surface area contributed by atoms with Crippen LogP contribution in [0.1, 0.15) is 36.5 Å². The van der Waals surface area contributed by atoms with Crippen molar-refractivity contribution in [1.82, 2.24) is 10.2 Å². The third-order valence-corrected chi connectivity index (χ3v) is 5.17. The Morgan fingerprint density at radius 1 is 1.19 bits per heavy atom. The van der Waals surface area contributed by atoms with Gasteiger partial charge in [-0.1, -0.05) is 24.9 Å². The fourth-order valence-electron chi connectivity index (χ4n) is 2.22. The molecule has 1 amide bonds. The predicted octanol–water partition coefficient (Wildman–Crippen LogP) is 5.38. The van der Waals surface area contributed by atoms with Crippen LogP contribution in [0.15, 0.2) is 44.6 Å². The van der Waals surface area contributed by atoms with Crippen molar-refractivity contribution in [1.29, 1.82) is 0 Å². The topological polar surface area (TPSA) is 77.2 Å². The Balaban J connectivity index is 1.57. The van der Waals surface area contributed by atoms with Crippen molar-refractivity contribution < 1.29 is 13.9 Å². The third-order valence-electron chi connectivity index (χ3n) is 3.56. The Labute approximate surface area is 163 Å². The predicted molar refractivity (Wildman–Crippen MR) is 105 cm³/mol. The number of unbranched alkanes of at least 4 members (excludes halogenated alkanes) is 2. The lowest BCUT2D eigenvalue weighted by Crippen LogP contribution is -2.12. The van der Waals surface area contributed by atoms with E-state index in [1.807, 2.05) is 12.1 Å². The average Bonchev–Trinajstić information content (AvgIpc) is 3.28. The molecule has 0 saturated carbocycles. The number of benzene rings is 1. The van der Waals surface area contributed by atoms with Gasteiger partial charge in [0, 0.05) is 5.56 Å². The van der Waals surface area contributed by atoms with Gasteiger partial charge in [-0.05, 0) is 58.7 Å². The van der Waals surface area contributed by atoms with Crippen LogP contribution >= 0.6 is 27.3 Å². The minimum Gasteiger partial charge on any atom is -0.494 e. The normalized spacial score (nSPS) is 10.7. The molecule has 26 heavy (non-hydrogen) atoms. The van der Waals surface area contributed by atoms with Crippen molar-refractivity contribution in [2.24, 2.45) is 0 Å². The van der Waals surface area contributed by atoms with Gasteiger partial charge in [-0.3, -0.25) is 10.1 Å². The Hall–Kier alpha value is -2.19. The molecular formula is C18H18BrN3O3S. The maximum absolute atomic E-state index is 12.3. The molecule has 8 heteroatoms. The number of anilines is 1. The highest BCUT2D eigenvalue weighted by molar-refractivity contribution is 9.11. The molecule has 1 N–H and O–H groups in total. The molecule has 6 nitrogen and oxygen atoms in total. The number of aromatic nitrogens is 2. The standard InChI is InChI=1S/C18H18BrN3O3S/c1-2-3-4-11-24-13-7-5-12(6-8-13)16(23)20-18-22-21-17(25-18)14-9-10-15(19)26-14/h5-10H,2-4,11H2,1H3,(H,20,22,23). The molecule has 0 radical (unpaired) electrons. The molecule has 3 rings (SSSR count). The summed E-state index contributed by atoms with van der Waals surface area (Å²) in [5.74, 6) is 0.804. The Bertz CT molecular complexity index is 861. The Morgan fingerprint density at radius 3 is 2.69 bits per heavy atom. The lowest BCUT2D eigenvalue weighted by Gasteiger charge is -2.06. The van der Waals surface area contributed by atoms with Gasteiger partial charge in [0.25, 0.3) is 11.8 Å². The van der Waals surface area contributed by atoms with E-state index < -0.39 is 0 Å². The van der Waals surface area contributed by atoms with Crippen molar-refractivity contribution in [2.45, 2.75) is 26.2 Å². The maximum Gasteiger partial charge on any atom is 0.322 e. The van der Waals surface area contributed by atoms with Gasteiger partial charge in [-0.2, -0.15) is 0 Å². The fourth-order valence-corrected chi connectivity index (χ4v) is 3.52. The van der Waals surface area contributed by atoms with Crippen LogP contribution in [0, 0.1) is 0 Å². The molecule has 1 aromatic carbocycles. The van der Waals surface area contributed by atoms with Crippen LogP contribution in [0.3, 0.4) is 0 Å². The van der Waals surface area contributed by atoms with E-state index in [0.717, 1.165) is 33.7 Å². The summed E-state index contributed by atoms with van der Waals surface area (Å²) in [5, 5.41) is 10.4. The highest BCUT2D eigenvalue weighted by Crippen LogP contribution is 2.31. The number of nitrogens with one attached hydrogen (secondary N) is 1. The van der Waals surface area contributed by atoms with Gasteiger partial charge in [0.2, 0.25) is 0 Å². The largest absolute Gasteiger partial charge is 0.494 e. The molecule has 0 aliphatic rings. The van der Waals surface area contributed by atoms with Gasteiger partial charge in [0.1, 0.15) is 5.75 Å². The first kappa shape index (κ1) is 18.6. The summed E-state index contributed by atoms with van der Waals surface area (Å²) in [6.45, 7) is 2.84. The van der Waals surface area contributed by atoms with Crippen molar-refractivity contribution in [2.75, 3.05) is 11.9 Å². The molecule has 0 fully saturated rings. The second-order valence-electron chi connectivity index (χ2n) is 5.55. The highest BCUT2D eigenvalue weighted by atomic mass is 79.9. The minimum atomic E-state index is -0.315. The molecule has 0 aliphatic carbocycles. The third kappa shape index (κ3) is 4.92. The van der Waals surface area contributed by atoms with Crippen LogP contribution in [0.5, 0.6) is 5.75 Å². The van der Waals surface area contributed by atoms with E-state index in [1.165, 1.54) is 11.3 Å². The van der Waals surface area contributed by atoms with E-state index in [4.69, 9.17) is 9.15 Å². The number of carbonyl (C=O) groups is 1. The zero-order valence-corrected chi connectivity index (χ0v) is 16.6. The van der Waals surface area contributed by atoms with Crippen molar-refractivity contribution >= 4 is 39.2 Å². The number of carbonyl (C=O) groups excluding carboxylic acids is 1. The van der Waals surface area contributed by atoms with Gasteiger partial charge in [-0.25, -0.2) is 0 Å². The molecule has 136 valence electrons. The molecule has 0 unspecified atom stereocenters. The zero-order valence-electron chi connectivity index (χ0n) is 14.2. The molecule has 2 aromatic heterocycles. The van der Waals surface area contributed by atoms with Crippen LogP contribution in [-0.2, 0) is 0 Å². The zero-order chi connectivity index (χ0) is 18.4. The van der Waals surface area contributed by atoms with Gasteiger partial charge >= 0.3 is 6.01 Å². The quantitative estimate of drug-likeness (QED) is 0.480. The smallest absolute Gasteiger partial charge is 0.322 e. The van der Waals surface area contributed by atoms with Crippen LogP contribution in [0.4, 0.5) is 6.01 Å². The highest BCUT2D eigenvalue weighted by Gasteiger charge is 2.14. The van der Waals surface area contributed by atoms with Crippen molar-refractivity contribution in [3.05, 3.63) is 45.7 Å². The van der Waals surface area contributed by atoms with Crippen molar-refractivity contribution in [3.8, 4) is 16.5 Å². The lowest BCUT2D eigenvalue weighted by molar-refractivity contribution is 0.102. The molecule has 0 spiro atoms. The number of halogens is 1. The van der Waals surface area contributed by atoms with E-state index in [0.29, 0.717) is 18.1 Å². The second kappa shape index (κ2) is 8.95. The minimum absolute atomic E-state index is 0.0643. The SMILES string of the molecule is CCCCCOc1ccc(C(=O)Nc2nnc(-c3ccc(Br)s3)o2)cc1. The summed E-state index contributed by atoms with van der Waals surface area (Å²) in [7, 11) is 0. The summed E-state index contributed by atoms with van der Waals surface area (Å²) in [6.07, 6.45) is 3.33. The van der Waals surface area contributed by atoms with E-state index >= 15 is 0 Å². The molecule has 0 atom stereocenters. The number of hydrogen-bond donors (Lipinski definition) is 1. The van der Waals surface area contributed by atoms with Crippen molar-refractivity contribution in [3.63, 3.8) is 0 Å². The van der Waals surface area contributed by atoms with Crippen LogP contribution in [0.2, 0.25) is 0 Å². The van der Waals surface area contributed by atoms with Crippen LogP contribution in [-0.4, -0.2) is 22.7 Å². The number of thiophene rings is 1. The first-order valence-corrected chi connectivity index (χ1v) is 9.90. The summed E-state index contributed by atoms with van der Waals surface area (Å²) in [5.41, 5.74) is 0.490. The number of amides is 1. The summed E-state index contributed by atoms with van der Waals surface area (Å²) in [4.78, 5) is 13.1. The molecule has 0 aliphatic heterocycles. The molecule has 3 aromatic rings. The van der Waals surface area contributed by atoms with Crippen LogP contribution in [0.25, 0.3) is 10.8 Å². The summed E-state index contributed by atoms with van der Waals surface area (Å²) < 4.78 is 12.1. The fraction of sp³-hybridized carbons (Fsp3) is 0.278. The monoisotopic (exact) mass is 435 g/mol. The van der Waals surface area contributed by atoms with E-state index in [9.17, 15) is 4.79 Å². The summed E-state index contributed by atoms with van der Waals surface area (Å²) in [6, 6.07) is 10.8.